The predicted molar refractivity (Wildman–Crippen MR) is 315 cm³/mol. The van der Waals surface area contributed by atoms with Gasteiger partial charge < -0.3 is 14.4 Å². The monoisotopic (exact) mass is 945 g/mol. The number of anilines is 6. The van der Waals surface area contributed by atoms with Crippen LogP contribution in [0, 0.1) is 0 Å². The average molecular weight is 946 g/mol. The number of fused-ring (bicyclic) bond motifs is 7. The lowest BCUT2D eigenvalue weighted by atomic mass is 9.33. The van der Waals surface area contributed by atoms with E-state index in [1.54, 1.807) is 0 Å². The molecule has 1 aromatic heterocycles. The molecule has 4 heteroatoms. The second kappa shape index (κ2) is 17.3. The van der Waals surface area contributed by atoms with E-state index in [1.165, 1.54) is 99.6 Å². The Morgan fingerprint density at radius 1 is 0.311 bits per heavy atom. The van der Waals surface area contributed by atoms with Crippen molar-refractivity contribution in [2.24, 2.45) is 0 Å². The molecule has 0 N–H and O–H groups in total. The molecule has 0 saturated heterocycles. The molecular formula is C70H52BN3. The second-order valence-electron chi connectivity index (χ2n) is 20.8. The van der Waals surface area contributed by atoms with Crippen LogP contribution in [-0.2, 0) is 5.41 Å². The minimum atomic E-state index is -0.136. The summed E-state index contributed by atoms with van der Waals surface area (Å²) in [6, 6.07) is 96.9. The third-order valence-electron chi connectivity index (χ3n) is 15.5. The number of benzene rings is 11. The van der Waals surface area contributed by atoms with E-state index < -0.39 is 0 Å². The lowest BCUT2D eigenvalue weighted by molar-refractivity contribution is 0.592. The number of para-hydroxylation sites is 4. The Bertz CT molecular complexity index is 4060. The minimum Gasteiger partial charge on any atom is -0.311 e. The van der Waals surface area contributed by atoms with Gasteiger partial charge in [-0.2, -0.15) is 0 Å². The van der Waals surface area contributed by atoms with E-state index in [4.69, 9.17) is 0 Å². The SMILES string of the molecule is CC(C)(C)c1ccccc1-c1ccc2c(c1)B1c3cc(-c4ccccc4)ccc3N(c3ccccc3-c3ccccc3)c3cc(-n4c5ccccc5c5ccccc54)cc(c31)N2c1ccccc1-c1ccccc1. The van der Waals surface area contributed by atoms with Crippen molar-refractivity contribution in [2.75, 3.05) is 9.80 Å². The molecule has 0 fully saturated rings. The van der Waals surface area contributed by atoms with E-state index in [-0.39, 0.29) is 12.1 Å². The van der Waals surface area contributed by atoms with Crippen LogP contribution in [0.3, 0.4) is 0 Å². The van der Waals surface area contributed by atoms with Gasteiger partial charge in [-0.3, -0.25) is 0 Å². The maximum absolute atomic E-state index is 2.59. The molecule has 74 heavy (non-hydrogen) atoms. The third kappa shape index (κ3) is 6.97. The van der Waals surface area contributed by atoms with Gasteiger partial charge in [0.05, 0.1) is 28.1 Å². The normalized spacial score (nSPS) is 12.7. The Labute approximate surface area is 434 Å². The number of hydrogen-bond donors (Lipinski definition) is 0. The first-order chi connectivity index (χ1) is 36.4. The first-order valence-electron chi connectivity index (χ1n) is 25.9. The first-order valence-corrected chi connectivity index (χ1v) is 25.9. The van der Waals surface area contributed by atoms with E-state index in [2.05, 4.69) is 296 Å². The lowest BCUT2D eigenvalue weighted by Crippen LogP contribution is -2.61. The largest absolute Gasteiger partial charge is 0.311 e. The highest BCUT2D eigenvalue weighted by Crippen LogP contribution is 2.50. The smallest absolute Gasteiger partial charge is 0.252 e. The molecule has 0 amide bonds. The highest BCUT2D eigenvalue weighted by Gasteiger charge is 2.45. The van der Waals surface area contributed by atoms with E-state index in [0.717, 1.165) is 28.4 Å². The Balaban J connectivity index is 1.15. The van der Waals surface area contributed by atoms with Crippen molar-refractivity contribution in [1.82, 2.24) is 4.57 Å². The fourth-order valence-corrected chi connectivity index (χ4v) is 12.3. The number of aromatic nitrogens is 1. The second-order valence-corrected chi connectivity index (χ2v) is 20.8. The summed E-state index contributed by atoms with van der Waals surface area (Å²) in [7, 11) is 0. The summed E-state index contributed by atoms with van der Waals surface area (Å²) < 4.78 is 2.50. The molecule has 3 heterocycles. The van der Waals surface area contributed by atoms with Gasteiger partial charge in [-0.1, -0.05) is 233 Å². The van der Waals surface area contributed by atoms with Crippen LogP contribution in [-0.4, -0.2) is 11.3 Å². The van der Waals surface area contributed by atoms with Crippen LogP contribution in [0.25, 0.3) is 72.0 Å². The number of nitrogens with zero attached hydrogens (tertiary/aromatic N) is 3. The molecule has 3 nitrogen and oxygen atoms in total. The molecule has 0 aliphatic carbocycles. The van der Waals surface area contributed by atoms with Crippen molar-refractivity contribution in [2.45, 2.75) is 26.2 Å². The molecular weight excluding hydrogens is 894 g/mol. The van der Waals surface area contributed by atoms with Gasteiger partial charge in [0.15, 0.2) is 0 Å². The van der Waals surface area contributed by atoms with Crippen LogP contribution in [0.1, 0.15) is 26.3 Å². The summed E-state index contributed by atoms with van der Waals surface area (Å²) >= 11 is 0. The molecule has 0 spiro atoms. The van der Waals surface area contributed by atoms with Crippen molar-refractivity contribution in [3.05, 3.63) is 266 Å². The maximum Gasteiger partial charge on any atom is 0.252 e. The van der Waals surface area contributed by atoms with Gasteiger partial charge in [0.25, 0.3) is 6.71 Å². The van der Waals surface area contributed by atoms with Gasteiger partial charge in [0.2, 0.25) is 0 Å². The van der Waals surface area contributed by atoms with Crippen LogP contribution >= 0.6 is 0 Å². The molecule has 0 atom stereocenters. The summed E-state index contributed by atoms with van der Waals surface area (Å²) in [5.41, 5.74) is 25.0. The van der Waals surface area contributed by atoms with Gasteiger partial charge in [0, 0.05) is 44.6 Å². The van der Waals surface area contributed by atoms with E-state index in [1.807, 2.05) is 0 Å². The van der Waals surface area contributed by atoms with Gasteiger partial charge >= 0.3 is 0 Å². The van der Waals surface area contributed by atoms with Crippen molar-refractivity contribution < 1.29 is 0 Å². The minimum absolute atomic E-state index is 0.0647. The number of hydrogen-bond acceptors (Lipinski definition) is 2. The molecule has 2 aliphatic heterocycles. The molecule has 350 valence electrons. The lowest BCUT2D eigenvalue weighted by Gasteiger charge is -2.45. The predicted octanol–water partition coefficient (Wildman–Crippen LogP) is 16.8. The summed E-state index contributed by atoms with van der Waals surface area (Å²) in [5.74, 6) is 0. The topological polar surface area (TPSA) is 11.4 Å². The Hall–Kier alpha value is -9.12. The van der Waals surface area contributed by atoms with Crippen molar-refractivity contribution in [3.63, 3.8) is 0 Å². The molecule has 12 aromatic rings. The van der Waals surface area contributed by atoms with Crippen LogP contribution in [0.5, 0.6) is 0 Å². The summed E-state index contributed by atoms with van der Waals surface area (Å²) in [6.07, 6.45) is 0. The van der Waals surface area contributed by atoms with Crippen LogP contribution in [0.2, 0.25) is 0 Å². The van der Waals surface area contributed by atoms with Crippen molar-refractivity contribution in [1.29, 1.82) is 0 Å². The molecule has 0 saturated carbocycles. The van der Waals surface area contributed by atoms with Crippen LogP contribution in [0.15, 0.2) is 261 Å². The van der Waals surface area contributed by atoms with E-state index >= 15 is 0 Å². The molecule has 11 aromatic carbocycles. The Morgan fingerprint density at radius 2 is 0.730 bits per heavy atom. The standard InChI is InChI=1S/C70H52BN3/c1-70(2,3)58-34-18-13-29-53(58)51-40-42-66-60(44-51)71-59-43-50(47-23-7-4-8-24-47)39-41-65(59)73(61-35-19-14-30-54(61)48-25-9-5-10-26-48)67-45-52(72-63-37-21-16-32-56(63)57-33-17-22-38-64(57)72)46-68(69(67)71)74(66)62-36-20-15-31-55(62)49-27-11-6-12-28-49/h4-46H,1-3H3. The Morgan fingerprint density at radius 3 is 1.26 bits per heavy atom. The molecule has 14 rings (SSSR count). The van der Waals surface area contributed by atoms with Gasteiger partial charge in [-0.05, 0) is 109 Å². The van der Waals surface area contributed by atoms with E-state index in [9.17, 15) is 0 Å². The van der Waals surface area contributed by atoms with Crippen LogP contribution in [0.4, 0.5) is 34.1 Å². The van der Waals surface area contributed by atoms with E-state index in [0.29, 0.717) is 0 Å². The third-order valence-corrected chi connectivity index (χ3v) is 15.5. The highest BCUT2D eigenvalue weighted by atomic mass is 15.2. The number of rotatable bonds is 7. The molecule has 0 bridgehead atoms. The van der Waals surface area contributed by atoms with Crippen LogP contribution < -0.4 is 26.2 Å². The first kappa shape index (κ1) is 43.7. The molecule has 0 unspecified atom stereocenters. The zero-order valence-corrected chi connectivity index (χ0v) is 41.7. The fourth-order valence-electron chi connectivity index (χ4n) is 12.3. The van der Waals surface area contributed by atoms with Gasteiger partial charge in [-0.25, -0.2) is 0 Å². The summed E-state index contributed by atoms with van der Waals surface area (Å²) in [5, 5.41) is 2.47. The van der Waals surface area contributed by atoms with Gasteiger partial charge in [-0.15, -0.1) is 0 Å². The highest BCUT2D eigenvalue weighted by molar-refractivity contribution is 7.00. The summed E-state index contributed by atoms with van der Waals surface area (Å²) in [4.78, 5) is 5.18. The van der Waals surface area contributed by atoms with Crippen molar-refractivity contribution in [3.8, 4) is 50.2 Å². The Kier molecular flexibility index (Phi) is 10.2. The van der Waals surface area contributed by atoms with Crippen molar-refractivity contribution >= 4 is 79.0 Å². The quantitative estimate of drug-likeness (QED) is 0.148. The zero-order chi connectivity index (χ0) is 49.5. The summed E-state index contributed by atoms with van der Waals surface area (Å²) in [6.45, 7) is 6.85. The zero-order valence-electron chi connectivity index (χ0n) is 41.7. The molecule has 0 radical (unpaired) electrons. The average Bonchev–Trinajstić information content (AvgIpc) is 3.80. The fraction of sp³-hybridized carbons (Fsp3) is 0.0571. The maximum atomic E-state index is 2.59. The van der Waals surface area contributed by atoms with Gasteiger partial charge in [0.1, 0.15) is 0 Å². The molecule has 2 aliphatic rings.